The number of aromatic carboxylic acids is 1. The third-order valence-electron chi connectivity index (χ3n) is 8.87. The minimum Gasteiger partial charge on any atom is -0.478 e. The van der Waals surface area contributed by atoms with E-state index in [-0.39, 0.29) is 41.7 Å². The van der Waals surface area contributed by atoms with Crippen molar-refractivity contribution in [1.82, 2.24) is 10.1 Å². The Bertz CT molecular complexity index is 2760. The number of nitrogens with two attached hydrogens (primary N) is 1. The number of hydrogen-bond donors (Lipinski definition) is 3. The number of fused-ring (bicyclic) bond motifs is 2. The standard InChI is InChI=1S/C23H21FN2O4.C12H13FO4.C11H12N2O2.CH4/c1-12-6-7-13(2)19-16(12)11-18(28-19)20-25-21(30-26-20)14-8-9-15(17(24)10-14)22(27)29-23(3,4)5;1-12(2,3)17-11(16)8-5-4-7(10(14)15)6-9(8)13;1-6-3-4-7(2)10-8(6)5-9(15-10)11(12)13-14;/h6-11H,1-5H3;4-6H,1-3H3,(H,14,15);3-5,14H,1-2H3,(H2,12,13);1H4. The van der Waals surface area contributed by atoms with Crippen molar-refractivity contribution in [1.29, 1.82) is 0 Å². The summed E-state index contributed by atoms with van der Waals surface area (Å²) < 4.78 is 54.9. The highest BCUT2D eigenvalue weighted by Crippen LogP contribution is 2.32. The maximum absolute atomic E-state index is 14.5. The quantitative estimate of drug-likeness (QED) is 0.0467. The fourth-order valence-corrected chi connectivity index (χ4v) is 5.80. The van der Waals surface area contributed by atoms with Crippen LogP contribution in [0.25, 0.3) is 45.0 Å². The van der Waals surface area contributed by atoms with Gasteiger partial charge in [0.1, 0.15) is 34.0 Å². The molecule has 0 radical (unpaired) electrons. The summed E-state index contributed by atoms with van der Waals surface area (Å²) in [6.07, 6.45) is 0. The zero-order chi connectivity index (χ0) is 45.8. The number of hydrogen-bond acceptors (Lipinski definition) is 12. The van der Waals surface area contributed by atoms with Crippen LogP contribution >= 0.6 is 0 Å². The number of amidine groups is 1. The van der Waals surface area contributed by atoms with Crippen LogP contribution in [0.15, 0.2) is 91.3 Å². The van der Waals surface area contributed by atoms with Crippen LogP contribution in [0, 0.1) is 39.3 Å². The second kappa shape index (κ2) is 19.1. The molecule has 3 heterocycles. The Balaban J connectivity index is 0.000000225. The summed E-state index contributed by atoms with van der Waals surface area (Å²) in [5.41, 5.74) is 9.51. The van der Waals surface area contributed by atoms with Crippen molar-refractivity contribution in [2.75, 3.05) is 0 Å². The molecular formula is C47H50F2N4O10. The van der Waals surface area contributed by atoms with Crippen LogP contribution in [-0.2, 0) is 9.47 Å². The summed E-state index contributed by atoms with van der Waals surface area (Å²) in [7, 11) is 0. The van der Waals surface area contributed by atoms with Crippen molar-refractivity contribution >= 4 is 45.7 Å². The van der Waals surface area contributed by atoms with E-state index in [4.69, 9.17) is 38.9 Å². The predicted molar refractivity (Wildman–Crippen MR) is 233 cm³/mol. The van der Waals surface area contributed by atoms with Gasteiger partial charge in [0.15, 0.2) is 11.5 Å². The van der Waals surface area contributed by atoms with Gasteiger partial charge in [-0.1, -0.05) is 42.0 Å². The third kappa shape index (κ3) is 11.7. The van der Waals surface area contributed by atoms with Crippen LogP contribution in [0.2, 0.25) is 0 Å². The Hall–Kier alpha value is -7.36. The number of aryl methyl sites for hydroxylation is 4. The average molecular weight is 869 g/mol. The fraction of sp³-hybridized carbons (Fsp3) is 0.277. The molecule has 0 aliphatic carbocycles. The first kappa shape index (κ1) is 48.3. The van der Waals surface area contributed by atoms with Gasteiger partial charge in [-0.25, -0.2) is 23.2 Å². The molecular weight excluding hydrogens is 819 g/mol. The van der Waals surface area contributed by atoms with Crippen molar-refractivity contribution in [2.24, 2.45) is 10.9 Å². The highest BCUT2D eigenvalue weighted by Gasteiger charge is 2.24. The Labute approximate surface area is 362 Å². The zero-order valence-electron chi connectivity index (χ0n) is 35.8. The summed E-state index contributed by atoms with van der Waals surface area (Å²) in [5, 5.41) is 26.0. The molecule has 4 N–H and O–H groups in total. The normalized spacial score (nSPS) is 11.5. The van der Waals surface area contributed by atoms with E-state index in [1.54, 1.807) is 47.6 Å². The highest BCUT2D eigenvalue weighted by atomic mass is 19.1. The van der Waals surface area contributed by atoms with Gasteiger partial charge in [-0.05, 0) is 140 Å². The molecule has 0 aliphatic rings. The minimum atomic E-state index is -1.25. The van der Waals surface area contributed by atoms with E-state index in [2.05, 4.69) is 15.3 Å². The number of furan rings is 2. The van der Waals surface area contributed by atoms with Gasteiger partial charge < -0.3 is 38.9 Å². The summed E-state index contributed by atoms with van der Waals surface area (Å²) in [6, 6.07) is 18.8. The van der Waals surface area contributed by atoms with Crippen LogP contribution < -0.4 is 5.73 Å². The van der Waals surface area contributed by atoms with Crippen LogP contribution in [0.1, 0.15) is 108 Å². The minimum absolute atomic E-state index is 0. The molecule has 0 saturated heterocycles. The molecule has 16 heteroatoms. The van der Waals surface area contributed by atoms with Crippen LogP contribution in [0.5, 0.6) is 0 Å². The summed E-state index contributed by atoms with van der Waals surface area (Å²) in [5.74, 6) is -3.20. The van der Waals surface area contributed by atoms with Gasteiger partial charge in [0.2, 0.25) is 11.7 Å². The number of carboxylic acids is 1. The highest BCUT2D eigenvalue weighted by molar-refractivity contribution is 5.99. The summed E-state index contributed by atoms with van der Waals surface area (Å²) in [4.78, 5) is 38.6. The van der Waals surface area contributed by atoms with E-state index in [1.165, 1.54) is 18.2 Å². The summed E-state index contributed by atoms with van der Waals surface area (Å²) >= 11 is 0. The first-order chi connectivity index (χ1) is 29.0. The number of nitrogens with zero attached hydrogens (tertiary/aromatic N) is 3. The molecule has 0 aliphatic heterocycles. The van der Waals surface area contributed by atoms with Gasteiger partial charge in [0.25, 0.3) is 5.89 Å². The lowest BCUT2D eigenvalue weighted by Gasteiger charge is -2.19. The fourth-order valence-electron chi connectivity index (χ4n) is 5.80. The molecule has 0 amide bonds. The molecule has 0 atom stereocenters. The number of esters is 2. The number of oxime groups is 1. The lowest BCUT2D eigenvalue weighted by atomic mass is 10.1. The molecule has 7 aromatic rings. The van der Waals surface area contributed by atoms with Crippen molar-refractivity contribution < 1.29 is 56.3 Å². The molecule has 0 fully saturated rings. The number of carboxylic acid groups (broad SMARTS) is 1. The smallest absolute Gasteiger partial charge is 0.341 e. The third-order valence-corrected chi connectivity index (χ3v) is 8.87. The van der Waals surface area contributed by atoms with Gasteiger partial charge in [0.05, 0.1) is 16.7 Å². The second-order valence-electron chi connectivity index (χ2n) is 16.2. The van der Waals surface area contributed by atoms with Crippen LogP contribution in [-0.4, -0.2) is 55.4 Å². The first-order valence-electron chi connectivity index (χ1n) is 19.1. The molecule has 0 unspecified atom stereocenters. The maximum atomic E-state index is 14.5. The number of ether oxygens (including phenoxy) is 2. The maximum Gasteiger partial charge on any atom is 0.341 e. The van der Waals surface area contributed by atoms with Gasteiger partial charge in [-0.2, -0.15) is 4.98 Å². The molecule has 63 heavy (non-hydrogen) atoms. The second-order valence-corrected chi connectivity index (χ2v) is 16.2. The molecule has 4 aromatic carbocycles. The van der Waals surface area contributed by atoms with E-state index in [0.29, 0.717) is 17.1 Å². The number of carbonyl (C=O) groups excluding carboxylic acids is 2. The van der Waals surface area contributed by atoms with Crippen LogP contribution in [0.3, 0.4) is 0 Å². The molecule has 7 rings (SSSR count). The topological polar surface area (TPSA) is 214 Å². The Morgan fingerprint density at radius 3 is 1.65 bits per heavy atom. The molecule has 0 saturated carbocycles. The van der Waals surface area contributed by atoms with Gasteiger partial charge in [0, 0.05) is 16.3 Å². The van der Waals surface area contributed by atoms with E-state index < -0.39 is 40.7 Å². The van der Waals surface area contributed by atoms with E-state index in [9.17, 15) is 23.2 Å². The Kier molecular flexibility index (Phi) is 14.7. The molecule has 14 nitrogen and oxygen atoms in total. The number of rotatable bonds is 6. The van der Waals surface area contributed by atoms with Crippen molar-refractivity contribution in [3.63, 3.8) is 0 Å². The lowest BCUT2D eigenvalue weighted by Crippen LogP contribution is -2.24. The largest absolute Gasteiger partial charge is 0.478 e. The van der Waals surface area contributed by atoms with Gasteiger partial charge in [-0.3, -0.25) is 0 Å². The number of aromatic nitrogens is 2. The molecule has 0 bridgehead atoms. The van der Waals surface area contributed by atoms with Gasteiger partial charge >= 0.3 is 17.9 Å². The van der Waals surface area contributed by atoms with Crippen molar-refractivity contribution in [3.05, 3.63) is 129 Å². The van der Waals surface area contributed by atoms with Crippen molar-refractivity contribution in [3.8, 4) is 23.0 Å². The number of carbonyl (C=O) groups is 3. The first-order valence-corrected chi connectivity index (χ1v) is 19.1. The van der Waals surface area contributed by atoms with Gasteiger partial charge in [-0.15, -0.1) is 0 Å². The Morgan fingerprint density at radius 2 is 1.19 bits per heavy atom. The van der Waals surface area contributed by atoms with E-state index in [0.717, 1.165) is 62.4 Å². The molecule has 332 valence electrons. The predicted octanol–water partition coefficient (Wildman–Crippen LogP) is 11.1. The lowest BCUT2D eigenvalue weighted by molar-refractivity contribution is 0.00518. The van der Waals surface area contributed by atoms with Crippen LogP contribution in [0.4, 0.5) is 8.78 Å². The molecule has 0 spiro atoms. The SMILES string of the molecule is C.CC(C)(C)OC(=O)c1ccc(C(=O)O)cc1F.Cc1ccc(C)c2oc(-c3noc(-c4ccc(C(=O)OC(C)(C)C)c(F)c4)n3)cc12.Cc1ccc(C)c2oc(/C(N)=N\O)cc12. The zero-order valence-corrected chi connectivity index (χ0v) is 35.8. The van der Waals surface area contributed by atoms with E-state index in [1.807, 2.05) is 58.0 Å². The average Bonchev–Trinajstić information content (AvgIpc) is 3.97. The Morgan fingerprint density at radius 1 is 0.698 bits per heavy atom. The monoisotopic (exact) mass is 868 g/mol. The van der Waals surface area contributed by atoms with E-state index >= 15 is 0 Å². The molecule has 3 aromatic heterocycles. The summed E-state index contributed by atoms with van der Waals surface area (Å²) in [6.45, 7) is 18.1. The number of benzene rings is 4. The van der Waals surface area contributed by atoms with Crippen molar-refractivity contribution in [2.45, 2.75) is 87.9 Å². The number of halogens is 2.